The van der Waals surface area contributed by atoms with Crippen LogP contribution in [0.4, 0.5) is 0 Å². The summed E-state index contributed by atoms with van der Waals surface area (Å²) in [6, 6.07) is 0. The monoisotopic (exact) mass is 198 g/mol. The molecule has 0 unspecified atom stereocenters. The third kappa shape index (κ3) is 1.30. The highest BCUT2D eigenvalue weighted by molar-refractivity contribution is 6.05. The number of ether oxygens (including phenoxy) is 2. The van der Waals surface area contributed by atoms with Crippen molar-refractivity contribution in [3.05, 3.63) is 11.6 Å². The lowest BCUT2D eigenvalue weighted by molar-refractivity contribution is -0.167. The van der Waals surface area contributed by atoms with E-state index in [-0.39, 0.29) is 19.0 Å². The molecule has 0 aromatic carbocycles. The molecule has 14 heavy (non-hydrogen) atoms. The molecule has 0 aromatic heterocycles. The smallest absolute Gasteiger partial charge is 0.195 e. The van der Waals surface area contributed by atoms with Gasteiger partial charge in [0.25, 0.3) is 0 Å². The maximum Gasteiger partial charge on any atom is 0.195 e. The molecule has 2 aliphatic rings. The Hall–Kier alpha value is -0.710. The number of aliphatic hydroxyl groups excluding tert-OH is 1. The molecule has 1 atom stereocenters. The van der Waals surface area contributed by atoms with Crippen molar-refractivity contribution in [3.63, 3.8) is 0 Å². The molecule has 0 amide bonds. The summed E-state index contributed by atoms with van der Waals surface area (Å²) in [5.74, 6) is -0.834. The molecule has 78 valence electrons. The molecule has 0 bridgehead atoms. The van der Waals surface area contributed by atoms with Crippen molar-refractivity contribution in [2.24, 2.45) is 0 Å². The predicted molar refractivity (Wildman–Crippen MR) is 48.6 cm³/mol. The maximum atomic E-state index is 11.8. The molecule has 1 N–H and O–H groups in total. The van der Waals surface area contributed by atoms with Crippen LogP contribution in [0.5, 0.6) is 0 Å². The maximum absolute atomic E-state index is 11.8. The van der Waals surface area contributed by atoms with Gasteiger partial charge in [0.05, 0.1) is 13.2 Å². The number of rotatable bonds is 1. The van der Waals surface area contributed by atoms with Crippen LogP contribution in [0, 0.1) is 0 Å². The van der Waals surface area contributed by atoms with E-state index >= 15 is 0 Å². The Kier molecular flexibility index (Phi) is 2.03. The summed E-state index contributed by atoms with van der Waals surface area (Å²) < 4.78 is 11.0. The first-order valence-electron chi connectivity index (χ1n) is 4.68. The van der Waals surface area contributed by atoms with E-state index in [0.717, 1.165) is 0 Å². The van der Waals surface area contributed by atoms with Crippen LogP contribution in [0.3, 0.4) is 0 Å². The van der Waals surface area contributed by atoms with E-state index in [4.69, 9.17) is 14.6 Å². The van der Waals surface area contributed by atoms with Gasteiger partial charge in [-0.1, -0.05) is 6.08 Å². The first-order valence-corrected chi connectivity index (χ1v) is 4.68. The summed E-state index contributed by atoms with van der Waals surface area (Å²) in [6.07, 6.45) is 2.23. The van der Waals surface area contributed by atoms with Crippen LogP contribution in [0.1, 0.15) is 20.3 Å². The summed E-state index contributed by atoms with van der Waals surface area (Å²) in [7, 11) is 0. The van der Waals surface area contributed by atoms with Gasteiger partial charge < -0.3 is 14.6 Å². The van der Waals surface area contributed by atoms with Crippen LogP contribution in [-0.4, -0.2) is 35.5 Å². The minimum atomic E-state index is -0.860. The molecule has 1 saturated heterocycles. The molecule has 1 aliphatic heterocycles. The van der Waals surface area contributed by atoms with Crippen molar-refractivity contribution in [2.75, 3.05) is 13.2 Å². The van der Waals surface area contributed by atoms with Gasteiger partial charge in [0, 0.05) is 12.0 Å². The summed E-state index contributed by atoms with van der Waals surface area (Å²) >= 11 is 0. The van der Waals surface area contributed by atoms with Crippen LogP contribution in [0.2, 0.25) is 0 Å². The lowest BCUT2D eigenvalue weighted by atomic mass is 9.99. The van der Waals surface area contributed by atoms with E-state index in [1.165, 1.54) is 0 Å². The molecule has 4 heteroatoms. The van der Waals surface area contributed by atoms with Gasteiger partial charge in [-0.2, -0.15) is 0 Å². The highest BCUT2D eigenvalue weighted by atomic mass is 16.8. The second kappa shape index (κ2) is 2.89. The molecule has 1 aliphatic carbocycles. The lowest BCUT2D eigenvalue weighted by Gasteiger charge is -2.23. The van der Waals surface area contributed by atoms with Crippen molar-refractivity contribution in [1.29, 1.82) is 0 Å². The average molecular weight is 198 g/mol. The van der Waals surface area contributed by atoms with Gasteiger partial charge in [0.2, 0.25) is 0 Å². The number of hydrogen-bond donors (Lipinski definition) is 1. The SMILES string of the molecule is CC1(C)OC[C@]2(CC=C(CO)C2=O)O1. The predicted octanol–water partition coefficient (Wildman–Crippen LogP) is 0.400. The first-order chi connectivity index (χ1) is 6.49. The molecule has 1 heterocycles. The van der Waals surface area contributed by atoms with E-state index in [1.807, 2.05) is 0 Å². The highest BCUT2D eigenvalue weighted by Crippen LogP contribution is 2.39. The second-order valence-corrected chi connectivity index (χ2v) is 4.21. The molecule has 1 spiro atoms. The molecular weight excluding hydrogens is 184 g/mol. The average Bonchev–Trinajstić information content (AvgIpc) is 2.58. The Morgan fingerprint density at radius 1 is 1.57 bits per heavy atom. The molecule has 1 fully saturated rings. The minimum Gasteiger partial charge on any atom is -0.392 e. The summed E-state index contributed by atoms with van der Waals surface area (Å²) in [5, 5.41) is 8.92. The number of carbonyl (C=O) groups is 1. The minimum absolute atomic E-state index is 0.134. The number of hydrogen-bond acceptors (Lipinski definition) is 4. The fourth-order valence-corrected chi connectivity index (χ4v) is 1.93. The Labute approximate surface area is 82.5 Å². The molecule has 0 saturated carbocycles. The van der Waals surface area contributed by atoms with Crippen LogP contribution in [0.15, 0.2) is 11.6 Å². The highest BCUT2D eigenvalue weighted by Gasteiger charge is 2.53. The zero-order valence-corrected chi connectivity index (χ0v) is 8.37. The van der Waals surface area contributed by atoms with Crippen molar-refractivity contribution >= 4 is 5.78 Å². The molecule has 0 radical (unpaired) electrons. The van der Waals surface area contributed by atoms with Gasteiger partial charge in [-0.15, -0.1) is 0 Å². The summed E-state index contributed by atoms with van der Waals surface area (Å²) in [4.78, 5) is 11.8. The molecular formula is C10H14O4. The second-order valence-electron chi connectivity index (χ2n) is 4.21. The summed E-state index contributed by atoms with van der Waals surface area (Å²) in [5.41, 5.74) is -0.423. The Balaban J connectivity index is 2.20. The molecule has 2 rings (SSSR count). The quantitative estimate of drug-likeness (QED) is 0.662. The number of aliphatic hydroxyl groups is 1. The van der Waals surface area contributed by atoms with E-state index in [1.54, 1.807) is 19.9 Å². The molecule has 4 nitrogen and oxygen atoms in total. The zero-order chi connectivity index (χ0) is 10.4. The van der Waals surface area contributed by atoms with Gasteiger partial charge in [-0.3, -0.25) is 4.79 Å². The summed E-state index contributed by atoms with van der Waals surface area (Å²) in [6.45, 7) is 3.63. The van der Waals surface area contributed by atoms with Gasteiger partial charge in [-0.05, 0) is 13.8 Å². The van der Waals surface area contributed by atoms with Gasteiger partial charge >= 0.3 is 0 Å². The Morgan fingerprint density at radius 2 is 2.29 bits per heavy atom. The topological polar surface area (TPSA) is 55.8 Å². The normalized spacial score (nSPS) is 35.4. The van der Waals surface area contributed by atoms with Gasteiger partial charge in [0.15, 0.2) is 17.2 Å². The van der Waals surface area contributed by atoms with Gasteiger partial charge in [0.1, 0.15) is 0 Å². The fraction of sp³-hybridized carbons (Fsp3) is 0.700. The third-order valence-corrected chi connectivity index (χ3v) is 2.65. The zero-order valence-electron chi connectivity index (χ0n) is 8.37. The van der Waals surface area contributed by atoms with Gasteiger partial charge in [-0.25, -0.2) is 0 Å². The van der Waals surface area contributed by atoms with E-state index in [2.05, 4.69) is 0 Å². The Morgan fingerprint density at radius 3 is 2.71 bits per heavy atom. The van der Waals surface area contributed by atoms with E-state index < -0.39 is 11.4 Å². The van der Waals surface area contributed by atoms with Crippen molar-refractivity contribution in [1.82, 2.24) is 0 Å². The third-order valence-electron chi connectivity index (χ3n) is 2.65. The number of Topliss-reactive ketones (excluding diaryl/α,β-unsaturated/α-hetero) is 1. The van der Waals surface area contributed by atoms with E-state index in [0.29, 0.717) is 12.0 Å². The first kappa shape index (κ1) is 9.83. The van der Waals surface area contributed by atoms with Crippen LogP contribution in [0.25, 0.3) is 0 Å². The number of ketones is 1. The fourth-order valence-electron chi connectivity index (χ4n) is 1.93. The van der Waals surface area contributed by atoms with Crippen LogP contribution < -0.4 is 0 Å². The van der Waals surface area contributed by atoms with Crippen LogP contribution >= 0.6 is 0 Å². The number of carbonyl (C=O) groups excluding carboxylic acids is 1. The Bertz CT molecular complexity index is 305. The van der Waals surface area contributed by atoms with Crippen molar-refractivity contribution in [3.8, 4) is 0 Å². The standard InChI is InChI=1S/C10H14O4/c1-9(2)13-6-10(14-9)4-3-7(5-11)8(10)12/h3,11H,4-6H2,1-2H3/t10-/m0/s1. The largest absolute Gasteiger partial charge is 0.392 e. The van der Waals surface area contributed by atoms with E-state index in [9.17, 15) is 4.79 Å². The van der Waals surface area contributed by atoms with Crippen molar-refractivity contribution < 1.29 is 19.4 Å². The lowest BCUT2D eigenvalue weighted by Crippen LogP contribution is -2.40. The van der Waals surface area contributed by atoms with Crippen molar-refractivity contribution in [2.45, 2.75) is 31.7 Å². The van der Waals surface area contributed by atoms with Crippen LogP contribution in [-0.2, 0) is 14.3 Å². The molecule has 0 aromatic rings.